The minimum atomic E-state index is -0.702. The number of hydrogen-bond donors (Lipinski definition) is 1. The van der Waals surface area contributed by atoms with Gasteiger partial charge in [0.25, 0.3) is 0 Å². The summed E-state index contributed by atoms with van der Waals surface area (Å²) in [6.45, 7) is 3.68. The SMILES string of the molecule is CC(=O)N(CC(O)CCl)c1ccc(C)cc1. The molecule has 4 heteroatoms. The number of halogens is 1. The molecule has 1 aromatic rings. The van der Waals surface area contributed by atoms with Gasteiger partial charge in [0.1, 0.15) is 0 Å². The van der Waals surface area contributed by atoms with Crippen molar-refractivity contribution in [1.82, 2.24) is 0 Å². The Hall–Kier alpha value is -1.06. The van der Waals surface area contributed by atoms with E-state index in [2.05, 4.69) is 0 Å². The molecule has 0 bridgehead atoms. The van der Waals surface area contributed by atoms with E-state index in [0.717, 1.165) is 11.3 Å². The highest BCUT2D eigenvalue weighted by atomic mass is 35.5. The molecule has 0 fully saturated rings. The molecular weight excluding hydrogens is 226 g/mol. The average Bonchev–Trinajstić information content (AvgIpc) is 2.26. The van der Waals surface area contributed by atoms with Gasteiger partial charge in [0.15, 0.2) is 0 Å². The number of alkyl halides is 1. The molecule has 0 saturated carbocycles. The van der Waals surface area contributed by atoms with Crippen LogP contribution in [0.4, 0.5) is 5.69 Å². The molecule has 0 aliphatic carbocycles. The van der Waals surface area contributed by atoms with Crippen LogP contribution in [-0.4, -0.2) is 29.5 Å². The second-order valence-electron chi connectivity index (χ2n) is 3.77. The van der Waals surface area contributed by atoms with Crippen molar-refractivity contribution in [3.8, 4) is 0 Å². The van der Waals surface area contributed by atoms with Gasteiger partial charge in [-0.2, -0.15) is 0 Å². The molecule has 0 aliphatic rings. The summed E-state index contributed by atoms with van der Waals surface area (Å²) >= 11 is 5.53. The Bertz CT molecular complexity index is 351. The van der Waals surface area contributed by atoms with Gasteiger partial charge in [0, 0.05) is 12.6 Å². The number of aliphatic hydroxyl groups is 1. The summed E-state index contributed by atoms with van der Waals surface area (Å²) in [5.74, 6) is 0.0170. The lowest BCUT2D eigenvalue weighted by Crippen LogP contribution is -2.36. The molecule has 0 heterocycles. The predicted molar refractivity (Wildman–Crippen MR) is 65.9 cm³/mol. The van der Waals surface area contributed by atoms with Crippen molar-refractivity contribution in [2.75, 3.05) is 17.3 Å². The first-order valence-corrected chi connectivity index (χ1v) is 5.67. The fraction of sp³-hybridized carbons (Fsp3) is 0.417. The molecular formula is C12H16ClNO2. The number of aliphatic hydroxyl groups excluding tert-OH is 1. The fourth-order valence-corrected chi connectivity index (χ4v) is 1.50. The molecule has 0 saturated heterocycles. The van der Waals surface area contributed by atoms with E-state index < -0.39 is 6.10 Å². The van der Waals surface area contributed by atoms with Gasteiger partial charge in [-0.25, -0.2) is 0 Å². The molecule has 3 nitrogen and oxygen atoms in total. The van der Waals surface area contributed by atoms with E-state index in [1.54, 1.807) is 0 Å². The van der Waals surface area contributed by atoms with Crippen LogP contribution in [0.2, 0.25) is 0 Å². The van der Waals surface area contributed by atoms with Crippen molar-refractivity contribution < 1.29 is 9.90 Å². The standard InChI is InChI=1S/C12H16ClNO2/c1-9-3-5-11(6-4-9)14(10(2)15)8-12(16)7-13/h3-6,12,16H,7-8H2,1-2H3. The van der Waals surface area contributed by atoms with Gasteiger partial charge in [-0.05, 0) is 19.1 Å². The van der Waals surface area contributed by atoms with E-state index in [9.17, 15) is 9.90 Å². The van der Waals surface area contributed by atoms with Crippen LogP contribution in [-0.2, 0) is 4.79 Å². The summed E-state index contributed by atoms with van der Waals surface area (Å²) in [4.78, 5) is 13.0. The van der Waals surface area contributed by atoms with Crippen molar-refractivity contribution in [3.63, 3.8) is 0 Å². The first kappa shape index (κ1) is 13.0. The number of carbonyl (C=O) groups excluding carboxylic acids is 1. The van der Waals surface area contributed by atoms with E-state index in [-0.39, 0.29) is 18.3 Å². The largest absolute Gasteiger partial charge is 0.390 e. The second-order valence-corrected chi connectivity index (χ2v) is 4.08. The van der Waals surface area contributed by atoms with Crippen LogP contribution in [0.15, 0.2) is 24.3 Å². The monoisotopic (exact) mass is 241 g/mol. The van der Waals surface area contributed by atoms with Crippen LogP contribution in [0, 0.1) is 6.92 Å². The molecule has 0 aromatic heterocycles. The Labute approximate surface area is 101 Å². The minimum absolute atomic E-state index is 0.104. The first-order chi connectivity index (χ1) is 7.54. The van der Waals surface area contributed by atoms with Gasteiger partial charge in [0.05, 0.1) is 18.5 Å². The maximum absolute atomic E-state index is 11.5. The molecule has 1 amide bonds. The lowest BCUT2D eigenvalue weighted by Gasteiger charge is -2.23. The average molecular weight is 242 g/mol. The van der Waals surface area contributed by atoms with Crippen LogP contribution in [0.25, 0.3) is 0 Å². The molecule has 16 heavy (non-hydrogen) atoms. The minimum Gasteiger partial charge on any atom is -0.390 e. The van der Waals surface area contributed by atoms with E-state index in [1.807, 2.05) is 31.2 Å². The Morgan fingerprint density at radius 2 is 2.00 bits per heavy atom. The molecule has 1 atom stereocenters. The van der Waals surface area contributed by atoms with E-state index in [0.29, 0.717) is 0 Å². The molecule has 1 rings (SSSR count). The van der Waals surface area contributed by atoms with Gasteiger partial charge in [-0.1, -0.05) is 17.7 Å². The lowest BCUT2D eigenvalue weighted by molar-refractivity contribution is -0.116. The number of hydrogen-bond acceptors (Lipinski definition) is 2. The number of benzene rings is 1. The molecule has 0 aliphatic heterocycles. The zero-order valence-corrected chi connectivity index (χ0v) is 10.2. The van der Waals surface area contributed by atoms with Crippen molar-refractivity contribution in [3.05, 3.63) is 29.8 Å². The highest BCUT2D eigenvalue weighted by molar-refractivity contribution is 6.18. The maximum atomic E-state index is 11.5. The summed E-state index contributed by atoms with van der Waals surface area (Å²) in [7, 11) is 0. The molecule has 1 aromatic carbocycles. The van der Waals surface area contributed by atoms with E-state index >= 15 is 0 Å². The van der Waals surface area contributed by atoms with Crippen molar-refractivity contribution in [2.45, 2.75) is 20.0 Å². The summed E-state index contributed by atoms with van der Waals surface area (Å²) in [5, 5.41) is 9.47. The molecule has 1 unspecified atom stereocenters. The molecule has 88 valence electrons. The Morgan fingerprint density at radius 1 is 1.44 bits per heavy atom. The van der Waals surface area contributed by atoms with Gasteiger partial charge >= 0.3 is 0 Å². The summed E-state index contributed by atoms with van der Waals surface area (Å²) in [6, 6.07) is 7.58. The Morgan fingerprint density at radius 3 is 2.44 bits per heavy atom. The zero-order chi connectivity index (χ0) is 12.1. The number of carbonyl (C=O) groups is 1. The normalized spacial score (nSPS) is 12.2. The fourth-order valence-electron chi connectivity index (χ4n) is 1.40. The van der Waals surface area contributed by atoms with Crippen molar-refractivity contribution in [1.29, 1.82) is 0 Å². The highest BCUT2D eigenvalue weighted by Gasteiger charge is 2.15. The van der Waals surface area contributed by atoms with Crippen molar-refractivity contribution in [2.24, 2.45) is 0 Å². The predicted octanol–water partition coefficient (Wildman–Crippen LogP) is 1.95. The van der Waals surface area contributed by atoms with E-state index in [4.69, 9.17) is 11.6 Å². The van der Waals surface area contributed by atoms with Crippen LogP contribution in [0.3, 0.4) is 0 Å². The Kier molecular flexibility index (Phi) is 4.77. The second kappa shape index (κ2) is 5.87. The van der Waals surface area contributed by atoms with Crippen LogP contribution >= 0.6 is 11.6 Å². The molecule has 0 spiro atoms. The van der Waals surface area contributed by atoms with Crippen molar-refractivity contribution >= 4 is 23.2 Å². The topological polar surface area (TPSA) is 40.5 Å². The maximum Gasteiger partial charge on any atom is 0.223 e. The van der Waals surface area contributed by atoms with Crippen LogP contribution in [0.1, 0.15) is 12.5 Å². The third kappa shape index (κ3) is 3.51. The third-order valence-electron chi connectivity index (χ3n) is 2.30. The first-order valence-electron chi connectivity index (χ1n) is 5.13. The number of aryl methyl sites for hydroxylation is 1. The number of nitrogens with zero attached hydrogens (tertiary/aromatic N) is 1. The zero-order valence-electron chi connectivity index (χ0n) is 9.48. The van der Waals surface area contributed by atoms with Gasteiger partial charge in [-0.3, -0.25) is 4.79 Å². The third-order valence-corrected chi connectivity index (χ3v) is 2.65. The quantitative estimate of drug-likeness (QED) is 0.819. The molecule has 0 radical (unpaired) electrons. The lowest BCUT2D eigenvalue weighted by atomic mass is 10.2. The summed E-state index contributed by atoms with van der Waals surface area (Å²) in [6.07, 6.45) is -0.702. The number of anilines is 1. The smallest absolute Gasteiger partial charge is 0.223 e. The summed E-state index contributed by atoms with van der Waals surface area (Å²) in [5.41, 5.74) is 1.91. The highest BCUT2D eigenvalue weighted by Crippen LogP contribution is 2.15. The van der Waals surface area contributed by atoms with Gasteiger partial charge in [0.2, 0.25) is 5.91 Å². The molecule has 1 N–H and O–H groups in total. The number of amides is 1. The van der Waals surface area contributed by atoms with Crippen LogP contribution < -0.4 is 4.90 Å². The van der Waals surface area contributed by atoms with Crippen LogP contribution in [0.5, 0.6) is 0 Å². The summed E-state index contributed by atoms with van der Waals surface area (Å²) < 4.78 is 0. The van der Waals surface area contributed by atoms with Gasteiger partial charge < -0.3 is 10.0 Å². The number of rotatable bonds is 4. The van der Waals surface area contributed by atoms with E-state index in [1.165, 1.54) is 11.8 Å². The Balaban J connectivity index is 2.85. The van der Waals surface area contributed by atoms with Gasteiger partial charge in [-0.15, -0.1) is 11.6 Å².